The standard InChI is InChI=1S/C16H18Cl2N2O4/c1-9-2-4-14(22)20(8-9)16-11(17)6-10(7-12(16)18)19-13(21)3-5-15(23)24/h6-7,9H,2-5,8H2,1H3,(H,19,21)(H,23,24). The van der Waals surface area contributed by atoms with Crippen LogP contribution in [0.5, 0.6) is 0 Å². The molecule has 8 heteroatoms. The number of aliphatic carboxylic acids is 1. The van der Waals surface area contributed by atoms with Gasteiger partial charge in [-0.05, 0) is 24.5 Å². The highest BCUT2D eigenvalue weighted by atomic mass is 35.5. The lowest BCUT2D eigenvalue weighted by molar-refractivity contribution is -0.138. The van der Waals surface area contributed by atoms with Crippen LogP contribution >= 0.6 is 23.2 Å². The topological polar surface area (TPSA) is 86.7 Å². The third-order valence-corrected chi connectivity index (χ3v) is 4.36. The molecule has 0 spiro atoms. The number of hydrogen-bond acceptors (Lipinski definition) is 3. The summed E-state index contributed by atoms with van der Waals surface area (Å²) in [4.78, 5) is 35.9. The van der Waals surface area contributed by atoms with Crippen molar-refractivity contribution in [3.63, 3.8) is 0 Å². The van der Waals surface area contributed by atoms with E-state index in [2.05, 4.69) is 12.2 Å². The Morgan fingerprint density at radius 1 is 1.29 bits per heavy atom. The van der Waals surface area contributed by atoms with E-state index in [1.165, 1.54) is 12.1 Å². The van der Waals surface area contributed by atoms with Crippen LogP contribution in [-0.2, 0) is 14.4 Å². The normalized spacial score (nSPS) is 17.7. The van der Waals surface area contributed by atoms with Crippen molar-refractivity contribution in [2.24, 2.45) is 5.92 Å². The van der Waals surface area contributed by atoms with Crippen LogP contribution in [0.3, 0.4) is 0 Å². The lowest BCUT2D eigenvalue weighted by Crippen LogP contribution is -2.39. The molecule has 1 fully saturated rings. The largest absolute Gasteiger partial charge is 0.481 e. The summed E-state index contributed by atoms with van der Waals surface area (Å²) in [5.41, 5.74) is 0.806. The highest BCUT2D eigenvalue weighted by Gasteiger charge is 2.27. The lowest BCUT2D eigenvalue weighted by atomic mass is 9.99. The third-order valence-electron chi connectivity index (χ3n) is 3.78. The molecule has 2 N–H and O–H groups in total. The molecule has 0 radical (unpaired) electrons. The van der Waals surface area contributed by atoms with E-state index in [1.807, 2.05) is 0 Å². The molecular weight excluding hydrogens is 355 g/mol. The van der Waals surface area contributed by atoms with Gasteiger partial charge in [0, 0.05) is 25.1 Å². The molecule has 0 aliphatic carbocycles. The van der Waals surface area contributed by atoms with Crippen LogP contribution in [0.15, 0.2) is 12.1 Å². The summed E-state index contributed by atoms with van der Waals surface area (Å²) in [6.07, 6.45) is 0.879. The molecule has 1 atom stereocenters. The summed E-state index contributed by atoms with van der Waals surface area (Å²) in [5.74, 6) is -1.17. The van der Waals surface area contributed by atoms with Crippen LogP contribution in [-0.4, -0.2) is 29.4 Å². The highest BCUT2D eigenvalue weighted by molar-refractivity contribution is 6.40. The fourth-order valence-electron chi connectivity index (χ4n) is 2.57. The number of rotatable bonds is 5. The van der Waals surface area contributed by atoms with E-state index in [1.54, 1.807) is 4.90 Å². The minimum Gasteiger partial charge on any atom is -0.481 e. The number of piperidine rings is 1. The number of nitrogens with zero attached hydrogens (tertiary/aromatic N) is 1. The predicted octanol–water partition coefficient (Wildman–Crippen LogP) is 3.56. The maximum atomic E-state index is 12.1. The molecule has 2 rings (SSSR count). The molecule has 2 amide bonds. The number of anilines is 2. The van der Waals surface area contributed by atoms with Crippen LogP contribution in [0.4, 0.5) is 11.4 Å². The van der Waals surface area contributed by atoms with Gasteiger partial charge >= 0.3 is 5.97 Å². The van der Waals surface area contributed by atoms with E-state index in [4.69, 9.17) is 28.3 Å². The van der Waals surface area contributed by atoms with Gasteiger partial charge in [-0.25, -0.2) is 0 Å². The first-order valence-electron chi connectivity index (χ1n) is 7.59. The fourth-order valence-corrected chi connectivity index (χ4v) is 3.26. The molecule has 130 valence electrons. The first kappa shape index (κ1) is 18.5. The second-order valence-electron chi connectivity index (χ2n) is 5.88. The van der Waals surface area contributed by atoms with Crippen molar-refractivity contribution >= 4 is 52.4 Å². The predicted molar refractivity (Wildman–Crippen MR) is 92.7 cm³/mol. The second-order valence-corrected chi connectivity index (χ2v) is 6.69. The van der Waals surface area contributed by atoms with E-state index in [-0.39, 0.29) is 28.8 Å². The zero-order valence-electron chi connectivity index (χ0n) is 13.1. The second kappa shape index (κ2) is 7.85. The van der Waals surface area contributed by atoms with Crippen molar-refractivity contribution in [2.45, 2.75) is 32.6 Å². The van der Waals surface area contributed by atoms with Crippen molar-refractivity contribution in [1.82, 2.24) is 0 Å². The molecule has 1 aromatic carbocycles. The zero-order chi connectivity index (χ0) is 17.9. The molecule has 6 nitrogen and oxygen atoms in total. The van der Waals surface area contributed by atoms with Gasteiger partial charge in [0.1, 0.15) is 0 Å². The number of carbonyl (C=O) groups is 3. The number of carboxylic acid groups (broad SMARTS) is 1. The number of nitrogens with one attached hydrogen (secondary N) is 1. The van der Waals surface area contributed by atoms with Gasteiger partial charge in [0.25, 0.3) is 0 Å². The van der Waals surface area contributed by atoms with Crippen LogP contribution in [0, 0.1) is 5.92 Å². The summed E-state index contributed by atoms with van der Waals surface area (Å²) in [6, 6.07) is 3.02. The van der Waals surface area contributed by atoms with Gasteiger partial charge in [-0.2, -0.15) is 0 Å². The Hall–Kier alpha value is -1.79. The molecule has 1 unspecified atom stereocenters. The molecule has 1 saturated heterocycles. The highest BCUT2D eigenvalue weighted by Crippen LogP contribution is 2.39. The average Bonchev–Trinajstić information content (AvgIpc) is 2.48. The minimum absolute atomic E-state index is 0.0323. The Bertz CT molecular complexity index is 655. The number of halogens is 2. The SMILES string of the molecule is CC1CCC(=O)N(c2c(Cl)cc(NC(=O)CCC(=O)O)cc2Cl)C1. The fraction of sp³-hybridized carbons (Fsp3) is 0.438. The number of benzene rings is 1. The summed E-state index contributed by atoms with van der Waals surface area (Å²) < 4.78 is 0. The van der Waals surface area contributed by atoms with Gasteiger partial charge in [-0.15, -0.1) is 0 Å². The monoisotopic (exact) mass is 372 g/mol. The van der Waals surface area contributed by atoms with Gasteiger partial charge in [-0.1, -0.05) is 30.1 Å². The summed E-state index contributed by atoms with van der Waals surface area (Å²) in [5, 5.41) is 11.7. The smallest absolute Gasteiger partial charge is 0.303 e. The van der Waals surface area contributed by atoms with Crippen molar-refractivity contribution in [1.29, 1.82) is 0 Å². The molecule has 1 heterocycles. The van der Waals surface area contributed by atoms with Crippen molar-refractivity contribution < 1.29 is 19.5 Å². The molecule has 1 aliphatic heterocycles. The van der Waals surface area contributed by atoms with E-state index < -0.39 is 11.9 Å². The number of amides is 2. The van der Waals surface area contributed by atoms with Gasteiger partial charge in [-0.3, -0.25) is 14.4 Å². The lowest BCUT2D eigenvalue weighted by Gasteiger charge is -2.32. The maximum Gasteiger partial charge on any atom is 0.303 e. The van der Waals surface area contributed by atoms with Crippen LogP contribution in [0.1, 0.15) is 32.6 Å². The van der Waals surface area contributed by atoms with E-state index in [9.17, 15) is 14.4 Å². The molecule has 1 aliphatic rings. The molecule has 0 bridgehead atoms. The van der Waals surface area contributed by atoms with Gasteiger partial charge < -0.3 is 15.3 Å². The summed E-state index contributed by atoms with van der Waals surface area (Å²) in [7, 11) is 0. The Balaban J connectivity index is 2.17. The first-order valence-corrected chi connectivity index (χ1v) is 8.34. The number of carboxylic acids is 1. The Morgan fingerprint density at radius 3 is 2.50 bits per heavy atom. The maximum absolute atomic E-state index is 12.1. The first-order chi connectivity index (χ1) is 11.3. The van der Waals surface area contributed by atoms with Crippen molar-refractivity contribution in [3.8, 4) is 0 Å². The van der Waals surface area contributed by atoms with Gasteiger partial charge in [0.05, 0.1) is 22.2 Å². The van der Waals surface area contributed by atoms with Crippen LogP contribution < -0.4 is 10.2 Å². The Kier molecular flexibility index (Phi) is 6.07. The number of hydrogen-bond donors (Lipinski definition) is 2. The third kappa shape index (κ3) is 4.61. The number of carbonyl (C=O) groups excluding carboxylic acids is 2. The Labute approximate surface area is 149 Å². The van der Waals surface area contributed by atoms with E-state index >= 15 is 0 Å². The van der Waals surface area contributed by atoms with Gasteiger partial charge in [0.2, 0.25) is 11.8 Å². The minimum atomic E-state index is -1.05. The quantitative estimate of drug-likeness (QED) is 0.826. The molecule has 0 saturated carbocycles. The zero-order valence-corrected chi connectivity index (χ0v) is 14.7. The van der Waals surface area contributed by atoms with Gasteiger partial charge in [0.15, 0.2) is 0 Å². The molecular formula is C16H18Cl2N2O4. The van der Waals surface area contributed by atoms with E-state index in [0.29, 0.717) is 30.3 Å². The summed E-state index contributed by atoms with van der Waals surface area (Å²) >= 11 is 12.5. The molecule has 24 heavy (non-hydrogen) atoms. The van der Waals surface area contributed by atoms with Crippen molar-refractivity contribution in [2.75, 3.05) is 16.8 Å². The molecule has 1 aromatic rings. The van der Waals surface area contributed by atoms with E-state index in [0.717, 1.165) is 6.42 Å². The van der Waals surface area contributed by atoms with Crippen LogP contribution in [0.25, 0.3) is 0 Å². The van der Waals surface area contributed by atoms with Crippen molar-refractivity contribution in [3.05, 3.63) is 22.2 Å². The molecule has 0 aromatic heterocycles. The summed E-state index contributed by atoms with van der Waals surface area (Å²) in [6.45, 7) is 2.60. The Morgan fingerprint density at radius 2 is 1.92 bits per heavy atom. The van der Waals surface area contributed by atoms with Crippen LogP contribution in [0.2, 0.25) is 10.0 Å². The average molecular weight is 373 g/mol.